The maximum atomic E-state index is 5.85. The van der Waals surface area contributed by atoms with E-state index in [9.17, 15) is 0 Å². The van der Waals surface area contributed by atoms with Crippen molar-refractivity contribution in [1.82, 2.24) is 9.78 Å². The van der Waals surface area contributed by atoms with Gasteiger partial charge in [0, 0.05) is 17.8 Å². The molecule has 1 aromatic carbocycles. The number of aryl methyl sites for hydroxylation is 2. The van der Waals surface area contributed by atoms with Crippen LogP contribution in [0.5, 0.6) is 0 Å². The van der Waals surface area contributed by atoms with Crippen molar-refractivity contribution in [2.45, 2.75) is 19.9 Å². The summed E-state index contributed by atoms with van der Waals surface area (Å²) in [6, 6.07) is 7.68. The van der Waals surface area contributed by atoms with E-state index in [-0.39, 0.29) is 0 Å². The SMILES string of the molecule is CCc1nn(C)c(CNc2ccc(Cl)cc2)c1Br. The second-order valence-corrected chi connectivity index (χ2v) is 5.27. The van der Waals surface area contributed by atoms with Crippen LogP contribution < -0.4 is 5.32 Å². The highest BCUT2D eigenvalue weighted by atomic mass is 79.9. The zero-order valence-corrected chi connectivity index (χ0v) is 12.7. The summed E-state index contributed by atoms with van der Waals surface area (Å²) < 4.78 is 3.00. The van der Waals surface area contributed by atoms with Gasteiger partial charge < -0.3 is 5.32 Å². The quantitative estimate of drug-likeness (QED) is 0.919. The summed E-state index contributed by atoms with van der Waals surface area (Å²) in [6.45, 7) is 2.83. The standard InChI is InChI=1S/C13H15BrClN3/c1-3-11-13(14)12(18(2)17-11)8-16-10-6-4-9(15)5-7-10/h4-7,16H,3,8H2,1-2H3. The van der Waals surface area contributed by atoms with Gasteiger partial charge in [0.1, 0.15) is 0 Å². The Kier molecular flexibility index (Phi) is 4.30. The largest absolute Gasteiger partial charge is 0.379 e. The Hall–Kier alpha value is -1.000. The molecule has 0 saturated carbocycles. The molecule has 1 N–H and O–H groups in total. The second-order valence-electron chi connectivity index (χ2n) is 4.04. The molecule has 0 amide bonds. The number of rotatable bonds is 4. The molecule has 1 heterocycles. The number of anilines is 1. The maximum Gasteiger partial charge on any atom is 0.0767 e. The van der Waals surface area contributed by atoms with Crippen LogP contribution in [0.15, 0.2) is 28.7 Å². The molecule has 1 aromatic heterocycles. The number of hydrogen-bond acceptors (Lipinski definition) is 2. The summed E-state index contributed by atoms with van der Waals surface area (Å²) in [7, 11) is 1.96. The van der Waals surface area contributed by atoms with Crippen LogP contribution in [0.2, 0.25) is 5.02 Å². The van der Waals surface area contributed by atoms with Crippen molar-refractivity contribution < 1.29 is 0 Å². The van der Waals surface area contributed by atoms with Crippen molar-refractivity contribution in [3.05, 3.63) is 45.1 Å². The van der Waals surface area contributed by atoms with E-state index < -0.39 is 0 Å². The zero-order valence-electron chi connectivity index (χ0n) is 10.4. The Morgan fingerprint density at radius 2 is 2.00 bits per heavy atom. The molecule has 0 aliphatic carbocycles. The molecular formula is C13H15BrClN3. The number of hydrogen-bond donors (Lipinski definition) is 1. The molecule has 96 valence electrons. The van der Waals surface area contributed by atoms with Crippen molar-refractivity contribution in [2.24, 2.45) is 7.05 Å². The molecular weight excluding hydrogens is 314 g/mol. The topological polar surface area (TPSA) is 29.9 Å². The average Bonchev–Trinajstić information content (AvgIpc) is 2.64. The fraction of sp³-hybridized carbons (Fsp3) is 0.308. The van der Waals surface area contributed by atoms with Crippen LogP contribution >= 0.6 is 27.5 Å². The van der Waals surface area contributed by atoms with Gasteiger partial charge in [0.2, 0.25) is 0 Å². The van der Waals surface area contributed by atoms with Gasteiger partial charge in [-0.2, -0.15) is 5.10 Å². The van der Waals surface area contributed by atoms with Crippen LogP contribution in [0.1, 0.15) is 18.3 Å². The lowest BCUT2D eigenvalue weighted by molar-refractivity contribution is 0.706. The number of halogens is 2. The molecule has 5 heteroatoms. The molecule has 18 heavy (non-hydrogen) atoms. The molecule has 0 atom stereocenters. The van der Waals surface area contributed by atoms with E-state index in [1.165, 1.54) is 0 Å². The Morgan fingerprint density at radius 3 is 2.56 bits per heavy atom. The van der Waals surface area contributed by atoms with Gasteiger partial charge in [0.05, 0.1) is 22.4 Å². The predicted molar refractivity (Wildman–Crippen MR) is 79.1 cm³/mol. The maximum absolute atomic E-state index is 5.85. The fourth-order valence-electron chi connectivity index (χ4n) is 1.77. The van der Waals surface area contributed by atoms with Crippen LogP contribution in [0.4, 0.5) is 5.69 Å². The van der Waals surface area contributed by atoms with Crippen molar-refractivity contribution in [3.8, 4) is 0 Å². The van der Waals surface area contributed by atoms with Gasteiger partial charge in [-0.3, -0.25) is 4.68 Å². The third-order valence-electron chi connectivity index (χ3n) is 2.81. The molecule has 0 bridgehead atoms. The highest BCUT2D eigenvalue weighted by Gasteiger charge is 2.11. The zero-order chi connectivity index (χ0) is 13.1. The summed E-state index contributed by atoms with van der Waals surface area (Å²) >= 11 is 9.45. The summed E-state index contributed by atoms with van der Waals surface area (Å²) in [5.41, 5.74) is 3.28. The first-order chi connectivity index (χ1) is 8.61. The van der Waals surface area contributed by atoms with Crippen LogP contribution in [0.25, 0.3) is 0 Å². The molecule has 0 radical (unpaired) electrons. The lowest BCUT2D eigenvalue weighted by atomic mass is 10.3. The van der Waals surface area contributed by atoms with E-state index in [1.54, 1.807) is 0 Å². The smallest absolute Gasteiger partial charge is 0.0767 e. The monoisotopic (exact) mass is 327 g/mol. The van der Waals surface area contributed by atoms with Crippen molar-refractivity contribution >= 4 is 33.2 Å². The molecule has 3 nitrogen and oxygen atoms in total. The van der Waals surface area contributed by atoms with Gasteiger partial charge in [0.25, 0.3) is 0 Å². The second kappa shape index (κ2) is 5.76. The molecule has 0 saturated heterocycles. The summed E-state index contributed by atoms with van der Waals surface area (Å²) in [6.07, 6.45) is 0.926. The minimum atomic E-state index is 0.728. The lowest BCUT2D eigenvalue weighted by Crippen LogP contribution is -2.05. The average molecular weight is 329 g/mol. The summed E-state index contributed by atoms with van der Waals surface area (Å²) in [5.74, 6) is 0. The molecule has 2 rings (SSSR count). The number of nitrogens with one attached hydrogen (secondary N) is 1. The van der Waals surface area contributed by atoms with Gasteiger partial charge in [-0.1, -0.05) is 18.5 Å². The van der Waals surface area contributed by atoms with Crippen molar-refractivity contribution in [3.63, 3.8) is 0 Å². The molecule has 0 fully saturated rings. The van der Waals surface area contributed by atoms with Crippen molar-refractivity contribution in [1.29, 1.82) is 0 Å². The van der Waals surface area contributed by atoms with E-state index in [0.29, 0.717) is 0 Å². The van der Waals surface area contributed by atoms with Crippen LogP contribution in [-0.2, 0) is 20.0 Å². The summed E-state index contributed by atoms with van der Waals surface area (Å²) in [4.78, 5) is 0. The van der Waals surface area contributed by atoms with E-state index in [0.717, 1.165) is 39.5 Å². The van der Waals surface area contributed by atoms with Gasteiger partial charge >= 0.3 is 0 Å². The Labute approximate surface area is 120 Å². The normalized spacial score (nSPS) is 10.7. The molecule has 0 spiro atoms. The van der Waals surface area contributed by atoms with Crippen LogP contribution in [-0.4, -0.2) is 9.78 Å². The van der Waals surface area contributed by atoms with Crippen LogP contribution in [0.3, 0.4) is 0 Å². The highest BCUT2D eigenvalue weighted by molar-refractivity contribution is 9.10. The van der Waals surface area contributed by atoms with Crippen molar-refractivity contribution in [2.75, 3.05) is 5.32 Å². The molecule has 0 unspecified atom stereocenters. The Morgan fingerprint density at radius 1 is 1.33 bits per heavy atom. The van der Waals surface area contributed by atoms with Gasteiger partial charge in [-0.25, -0.2) is 0 Å². The summed E-state index contributed by atoms with van der Waals surface area (Å²) in [5, 5.41) is 8.57. The third kappa shape index (κ3) is 2.87. The third-order valence-corrected chi connectivity index (χ3v) is 3.97. The minimum absolute atomic E-state index is 0.728. The highest BCUT2D eigenvalue weighted by Crippen LogP contribution is 2.22. The van der Waals surface area contributed by atoms with Gasteiger partial charge in [-0.15, -0.1) is 0 Å². The first kappa shape index (κ1) is 13.4. The molecule has 0 aliphatic heterocycles. The first-order valence-corrected chi connectivity index (χ1v) is 6.98. The van der Waals surface area contributed by atoms with E-state index in [2.05, 4.69) is 33.3 Å². The molecule has 0 aliphatic rings. The predicted octanol–water partition coefficient (Wildman–Crippen LogP) is 4.01. The van der Waals surface area contributed by atoms with Crippen LogP contribution in [0, 0.1) is 0 Å². The van der Waals surface area contributed by atoms with E-state index in [1.807, 2.05) is 36.0 Å². The number of aromatic nitrogens is 2. The lowest BCUT2D eigenvalue weighted by Gasteiger charge is -2.07. The molecule has 2 aromatic rings. The minimum Gasteiger partial charge on any atom is -0.379 e. The van der Waals surface area contributed by atoms with Gasteiger partial charge in [0.15, 0.2) is 0 Å². The Balaban J connectivity index is 2.10. The van der Waals surface area contributed by atoms with Gasteiger partial charge in [-0.05, 0) is 46.6 Å². The number of benzene rings is 1. The first-order valence-electron chi connectivity index (χ1n) is 5.81. The Bertz CT molecular complexity index is 534. The van der Waals surface area contributed by atoms with E-state index in [4.69, 9.17) is 11.6 Å². The van der Waals surface area contributed by atoms with E-state index >= 15 is 0 Å². The fourth-order valence-corrected chi connectivity index (χ4v) is 2.65. The number of nitrogens with zero attached hydrogens (tertiary/aromatic N) is 2.